The first-order valence-electron chi connectivity index (χ1n) is 26.4. The zero-order valence-corrected chi connectivity index (χ0v) is 48.9. The van der Waals surface area contributed by atoms with Gasteiger partial charge in [0.05, 0.1) is 68.0 Å². The van der Waals surface area contributed by atoms with Gasteiger partial charge in [-0.05, 0) is 122 Å². The monoisotopic (exact) mass is 1280 g/mol. The van der Waals surface area contributed by atoms with Gasteiger partial charge >= 0.3 is 23.9 Å². The van der Waals surface area contributed by atoms with Gasteiger partial charge in [-0.3, -0.25) is 9.11 Å². The number of carboxylic acids is 4. The number of aliphatic hydroxyl groups is 2. The van der Waals surface area contributed by atoms with E-state index in [4.69, 9.17) is 0 Å². The minimum Gasteiger partial charge on any atom is -0.505 e. The van der Waals surface area contributed by atoms with Crippen molar-refractivity contribution in [2.45, 2.75) is 49.6 Å². The largest absolute Gasteiger partial charge is 0.505 e. The summed E-state index contributed by atoms with van der Waals surface area (Å²) in [6.07, 6.45) is 0. The number of phenols is 2. The fraction of sp³-hybridized carbons (Fsp3) is 0.222. The van der Waals surface area contributed by atoms with Crippen molar-refractivity contribution in [2.24, 2.45) is 20.5 Å². The number of anilines is 8. The summed E-state index contributed by atoms with van der Waals surface area (Å²) >= 11 is 0. The number of nitrogens with zero attached hydrogens (tertiary/aromatic N) is 12. The number of piperazine rings is 1. The number of phenolic OH excluding ortho intramolecular Hbond substituents is 2. The Morgan fingerprint density at radius 1 is 0.500 bits per heavy atom. The van der Waals surface area contributed by atoms with Crippen molar-refractivity contribution in [2.75, 3.05) is 70.5 Å². The molecule has 14 N–H and O–H groups in total. The molecule has 2 aromatic heterocycles. The molecule has 1 aliphatic heterocycles. The van der Waals surface area contributed by atoms with Crippen LogP contribution in [-0.2, 0) is 20.2 Å². The van der Waals surface area contributed by atoms with E-state index in [-0.39, 0.29) is 142 Å². The number of hydrogen-bond acceptors (Lipinski definition) is 28. The minimum absolute atomic E-state index is 0.0164. The molecule has 6 aromatic carbocycles. The highest BCUT2D eigenvalue weighted by Gasteiger charge is 2.34. The van der Waals surface area contributed by atoms with Gasteiger partial charge in [-0.15, -0.1) is 10.2 Å². The molecule has 0 saturated carbocycles. The Morgan fingerprint density at radius 2 is 0.833 bits per heavy atom. The topological polar surface area (TPSA) is 520 Å². The highest BCUT2D eigenvalue weighted by atomic mass is 32.2. The number of benzene rings is 6. The Bertz CT molecular complexity index is 4230. The normalized spacial score (nSPS) is 14.6. The zero-order chi connectivity index (χ0) is 65.3. The molecule has 1 fully saturated rings. The number of aromatic carboxylic acids is 4. The second kappa shape index (κ2) is 25.4. The lowest BCUT2D eigenvalue weighted by Crippen LogP contribution is -2.57. The van der Waals surface area contributed by atoms with Crippen LogP contribution in [0.1, 0.15) is 66.4 Å². The van der Waals surface area contributed by atoms with E-state index in [0.29, 0.717) is 0 Å². The van der Waals surface area contributed by atoms with Crippen molar-refractivity contribution in [1.29, 1.82) is 0 Å². The Balaban J connectivity index is 1.07. The van der Waals surface area contributed by atoms with E-state index in [1.165, 1.54) is 26.0 Å². The van der Waals surface area contributed by atoms with E-state index in [1.54, 1.807) is 23.6 Å². The lowest BCUT2D eigenvalue weighted by molar-refractivity contribution is 0.0676. The molecule has 34 nitrogen and oxygen atoms in total. The maximum Gasteiger partial charge on any atom is 0.335 e. The van der Waals surface area contributed by atoms with Crippen LogP contribution < -0.4 is 31.1 Å². The Hall–Kier alpha value is -10.9. The van der Waals surface area contributed by atoms with Gasteiger partial charge in [-0.1, -0.05) is 0 Å². The van der Waals surface area contributed by atoms with Crippen molar-refractivity contribution in [3.8, 4) is 11.5 Å². The molecule has 90 heavy (non-hydrogen) atoms. The number of azo groups is 2. The van der Waals surface area contributed by atoms with Crippen molar-refractivity contribution >= 4 is 135 Å². The molecule has 2 unspecified atom stereocenters. The molecule has 0 radical (unpaired) electrons. The zero-order valence-electron chi connectivity index (χ0n) is 47.2. The van der Waals surface area contributed by atoms with Crippen LogP contribution in [0.2, 0.25) is 0 Å². The lowest BCUT2D eigenvalue weighted by Gasteiger charge is -2.44. The number of nitrogens with one attached hydrogen (secondary N) is 4. The SMILES string of the molecule is Cc1cc2cc(S(=O)(=O)O)cc(Nc3nc(NCCO)nc(N4CC(C)N(c5nc(NCCO)nc(Nc6cc(S(=O)(=O)O)cc7cc(C)c(N=Nc8cc(C(=O)O)cc(C(=O)O)c8)c(O)c67)n5)CC4C)n3)c2c(O)c1N=Nc1cc(C(=O)O)cc(C(=O)O)c1. The predicted octanol–water partition coefficient (Wildman–Crippen LogP) is 6.91. The van der Waals surface area contributed by atoms with Crippen LogP contribution in [0.15, 0.2) is 103 Å². The number of aromatic hydroxyl groups is 2. The summed E-state index contributed by atoms with van der Waals surface area (Å²) in [4.78, 5) is 76.9. The summed E-state index contributed by atoms with van der Waals surface area (Å²) in [7, 11) is -9.87. The Morgan fingerprint density at radius 3 is 1.14 bits per heavy atom. The van der Waals surface area contributed by atoms with Crippen LogP contribution in [0.3, 0.4) is 0 Å². The summed E-state index contributed by atoms with van der Waals surface area (Å²) in [5, 5.41) is 110. The van der Waals surface area contributed by atoms with Gasteiger partial charge < -0.3 is 71.9 Å². The molecule has 468 valence electrons. The maximum atomic E-state index is 12.7. The molecule has 1 aliphatic rings. The Labute approximate surface area is 507 Å². The summed E-state index contributed by atoms with van der Waals surface area (Å²) in [5.41, 5.74) is -2.49. The van der Waals surface area contributed by atoms with E-state index >= 15 is 0 Å². The van der Waals surface area contributed by atoms with Gasteiger partial charge in [0.25, 0.3) is 20.2 Å². The number of fused-ring (bicyclic) bond motifs is 2. The van der Waals surface area contributed by atoms with Crippen LogP contribution >= 0.6 is 0 Å². The highest BCUT2D eigenvalue weighted by molar-refractivity contribution is 7.86. The molecular formula is C54H52N16O18S2. The molecule has 0 amide bonds. The van der Waals surface area contributed by atoms with E-state index < -0.39 is 99.7 Å². The van der Waals surface area contributed by atoms with Gasteiger partial charge in [0, 0.05) is 49.0 Å². The molecule has 3 heterocycles. The molecule has 0 spiro atoms. The smallest absolute Gasteiger partial charge is 0.335 e. The second-order valence-electron chi connectivity index (χ2n) is 20.1. The van der Waals surface area contributed by atoms with E-state index in [1.807, 2.05) is 0 Å². The summed E-state index contributed by atoms with van der Waals surface area (Å²) in [6.45, 7) is 5.87. The molecule has 36 heteroatoms. The van der Waals surface area contributed by atoms with Gasteiger partial charge in [0.15, 0.2) is 11.5 Å². The summed E-state index contributed by atoms with van der Waals surface area (Å²) < 4.78 is 71.4. The minimum atomic E-state index is -4.94. The molecule has 0 bridgehead atoms. The van der Waals surface area contributed by atoms with Crippen LogP contribution in [0, 0.1) is 13.8 Å². The number of aryl methyl sites for hydroxylation is 2. The first-order valence-corrected chi connectivity index (χ1v) is 29.3. The van der Waals surface area contributed by atoms with Crippen molar-refractivity contribution in [3.05, 3.63) is 106 Å². The fourth-order valence-electron chi connectivity index (χ4n) is 9.56. The highest BCUT2D eigenvalue weighted by Crippen LogP contribution is 2.46. The molecule has 2 atom stereocenters. The number of carboxylic acid groups (broad SMARTS) is 4. The quantitative estimate of drug-likeness (QED) is 0.0242. The first kappa shape index (κ1) is 63.6. The number of rotatable bonds is 22. The summed E-state index contributed by atoms with van der Waals surface area (Å²) in [5.74, 6) is -7.69. The molecular weight excluding hydrogens is 1220 g/mol. The standard InChI is InChI=1S/C54H52N16O18S2/c1-23-9-27-17-35(89(83,84)85)19-37(39(27)43(73)41(23)67-65-33-13-29(45(75)76)11-30(14-33)46(77)78)57-51-59-49(55-5-7-71)61-53(63-51)69-21-26(4)70(22-25(69)3)54-62-50(56-6-8-72)60-52(64-54)58-38-20-36(90(86,87)88)18-28-10-24(2)42(44(74)40(28)38)68-66-34-15-31(47(79)80)12-32(16-34)48(81)82/h9-20,25-26,71-74H,5-8,21-22H2,1-4H3,(H,75,76)(H,77,78)(H,79,80)(H,81,82)(H,83,84,85)(H,86,87,88)(H2,55,57,59,61,63)(H2,56,58,60,62,64). The van der Waals surface area contributed by atoms with E-state index in [9.17, 15) is 86.0 Å². The van der Waals surface area contributed by atoms with E-state index in [2.05, 4.69) is 71.6 Å². The van der Waals surface area contributed by atoms with Gasteiger partial charge in [0.2, 0.25) is 35.7 Å². The summed E-state index contributed by atoms with van der Waals surface area (Å²) in [6, 6.07) is 11.9. The van der Waals surface area contributed by atoms with Crippen LogP contribution in [0.4, 0.5) is 69.8 Å². The fourth-order valence-corrected chi connectivity index (χ4v) is 10.6. The van der Waals surface area contributed by atoms with Crippen LogP contribution in [0.25, 0.3) is 21.5 Å². The third-order valence-electron chi connectivity index (χ3n) is 13.7. The second-order valence-corrected chi connectivity index (χ2v) is 23.0. The number of aromatic nitrogens is 6. The van der Waals surface area contributed by atoms with E-state index in [0.717, 1.165) is 60.7 Å². The molecule has 1 saturated heterocycles. The van der Waals surface area contributed by atoms with Crippen LogP contribution in [-0.4, -0.2) is 172 Å². The maximum absolute atomic E-state index is 12.7. The van der Waals surface area contributed by atoms with Crippen LogP contribution in [0.5, 0.6) is 11.5 Å². The average Bonchev–Trinajstić information content (AvgIpc) is 0.784. The van der Waals surface area contributed by atoms with Gasteiger partial charge in [-0.2, -0.15) is 57.0 Å². The first-order chi connectivity index (χ1) is 42.5. The average molecular weight is 1280 g/mol. The number of carbonyl (C=O) groups is 4. The van der Waals surface area contributed by atoms with Crippen molar-refractivity contribution in [1.82, 2.24) is 29.9 Å². The lowest BCUT2D eigenvalue weighted by atomic mass is 10.0. The predicted molar refractivity (Wildman–Crippen MR) is 320 cm³/mol. The molecule has 0 aliphatic carbocycles. The van der Waals surface area contributed by atoms with Gasteiger partial charge in [0.1, 0.15) is 11.4 Å². The third-order valence-corrected chi connectivity index (χ3v) is 15.3. The number of aliphatic hydroxyl groups excluding tert-OH is 2. The van der Waals surface area contributed by atoms with Crippen molar-refractivity contribution < 1.29 is 86.0 Å². The van der Waals surface area contributed by atoms with Gasteiger partial charge in [-0.25, -0.2) is 19.2 Å². The number of hydrogen-bond donors (Lipinski definition) is 14. The van der Waals surface area contributed by atoms with Crippen molar-refractivity contribution in [3.63, 3.8) is 0 Å². The third kappa shape index (κ3) is 13.9. The molecule has 9 rings (SSSR count). The molecule has 8 aromatic rings. The Kier molecular flexibility index (Phi) is 18.0.